The molecule has 0 aliphatic carbocycles. The van der Waals surface area contributed by atoms with Gasteiger partial charge in [-0.1, -0.05) is 30.3 Å². The number of thiazole rings is 1. The van der Waals surface area contributed by atoms with E-state index in [9.17, 15) is 9.59 Å². The SMILES string of the molecule is CCOC(=O)c1nc(N(CCc2ccccc2)C(=O)c2ccc(-n3cccn3)nc2)sc1C. The third-order valence-electron chi connectivity index (χ3n) is 4.93. The van der Waals surface area contributed by atoms with Gasteiger partial charge >= 0.3 is 5.97 Å². The van der Waals surface area contributed by atoms with Crippen molar-refractivity contribution in [3.8, 4) is 5.82 Å². The smallest absolute Gasteiger partial charge is 0.358 e. The van der Waals surface area contributed by atoms with E-state index in [1.807, 2.05) is 30.3 Å². The molecule has 0 saturated carbocycles. The van der Waals surface area contributed by atoms with E-state index in [0.717, 1.165) is 5.56 Å². The molecule has 1 amide bonds. The van der Waals surface area contributed by atoms with Crippen LogP contribution < -0.4 is 4.90 Å². The predicted molar refractivity (Wildman–Crippen MR) is 126 cm³/mol. The fourth-order valence-electron chi connectivity index (χ4n) is 3.26. The number of benzene rings is 1. The monoisotopic (exact) mass is 461 g/mol. The summed E-state index contributed by atoms with van der Waals surface area (Å²) in [6.45, 7) is 4.21. The number of hydrogen-bond acceptors (Lipinski definition) is 7. The molecule has 0 fully saturated rings. The second-order valence-corrected chi connectivity index (χ2v) is 8.35. The Balaban J connectivity index is 1.63. The molecule has 33 heavy (non-hydrogen) atoms. The molecule has 3 aromatic heterocycles. The molecule has 0 unspecified atom stereocenters. The van der Waals surface area contributed by atoms with Gasteiger partial charge in [0.15, 0.2) is 16.6 Å². The summed E-state index contributed by atoms with van der Waals surface area (Å²) in [7, 11) is 0. The standard InChI is InChI=1S/C24H23N5O3S/c1-3-32-23(31)21-17(2)33-24(27-21)28(15-12-18-8-5-4-6-9-18)22(30)19-10-11-20(25-16-19)29-14-7-13-26-29/h4-11,13-14,16H,3,12,15H2,1-2H3. The molecule has 0 saturated heterocycles. The van der Waals surface area contributed by atoms with E-state index in [1.54, 1.807) is 54.0 Å². The van der Waals surface area contributed by atoms with Gasteiger partial charge in [-0.15, -0.1) is 11.3 Å². The van der Waals surface area contributed by atoms with Gasteiger partial charge in [-0.2, -0.15) is 5.10 Å². The minimum absolute atomic E-state index is 0.238. The largest absolute Gasteiger partial charge is 0.461 e. The van der Waals surface area contributed by atoms with Crippen molar-refractivity contribution in [1.29, 1.82) is 0 Å². The highest BCUT2D eigenvalue weighted by Gasteiger charge is 2.25. The van der Waals surface area contributed by atoms with Crippen molar-refractivity contribution >= 4 is 28.3 Å². The van der Waals surface area contributed by atoms with Crippen molar-refractivity contribution in [3.05, 3.63) is 88.8 Å². The van der Waals surface area contributed by atoms with Gasteiger partial charge in [0.25, 0.3) is 5.91 Å². The van der Waals surface area contributed by atoms with Crippen LogP contribution in [0.25, 0.3) is 5.82 Å². The number of amides is 1. The molecular formula is C24H23N5O3S. The van der Waals surface area contributed by atoms with Gasteiger partial charge in [0.05, 0.1) is 12.2 Å². The first-order valence-electron chi connectivity index (χ1n) is 10.5. The second kappa shape index (κ2) is 10.2. The van der Waals surface area contributed by atoms with Crippen molar-refractivity contribution in [2.24, 2.45) is 0 Å². The highest BCUT2D eigenvalue weighted by atomic mass is 32.1. The van der Waals surface area contributed by atoms with E-state index in [4.69, 9.17) is 4.74 Å². The number of rotatable bonds is 8. The Morgan fingerprint density at radius 1 is 1.12 bits per heavy atom. The van der Waals surface area contributed by atoms with Crippen LogP contribution in [0.15, 0.2) is 67.1 Å². The average Bonchev–Trinajstić information content (AvgIpc) is 3.50. The molecule has 0 N–H and O–H groups in total. The van der Waals surface area contributed by atoms with Gasteiger partial charge in [0, 0.05) is 30.0 Å². The second-order valence-electron chi connectivity index (χ2n) is 7.17. The summed E-state index contributed by atoms with van der Waals surface area (Å²) < 4.78 is 6.73. The molecule has 1 aromatic carbocycles. The molecule has 0 radical (unpaired) electrons. The predicted octanol–water partition coefficient (Wildman–Crippen LogP) is 4.10. The van der Waals surface area contributed by atoms with E-state index < -0.39 is 5.97 Å². The van der Waals surface area contributed by atoms with Gasteiger partial charge in [-0.3, -0.25) is 9.69 Å². The first kappa shape index (κ1) is 22.3. The zero-order valence-corrected chi connectivity index (χ0v) is 19.2. The van der Waals surface area contributed by atoms with Crippen molar-refractivity contribution in [2.75, 3.05) is 18.1 Å². The van der Waals surface area contributed by atoms with E-state index in [0.29, 0.717) is 34.4 Å². The van der Waals surface area contributed by atoms with Crippen LogP contribution >= 0.6 is 11.3 Å². The molecular weight excluding hydrogens is 438 g/mol. The van der Waals surface area contributed by atoms with Crippen LogP contribution in [-0.2, 0) is 11.2 Å². The normalized spacial score (nSPS) is 10.7. The quantitative estimate of drug-likeness (QED) is 0.367. The van der Waals surface area contributed by atoms with Crippen LogP contribution in [0.1, 0.15) is 38.2 Å². The number of ether oxygens (including phenoxy) is 1. The van der Waals surface area contributed by atoms with E-state index in [-0.39, 0.29) is 18.2 Å². The molecule has 4 aromatic rings. The van der Waals surface area contributed by atoms with Crippen molar-refractivity contribution in [1.82, 2.24) is 19.7 Å². The highest BCUT2D eigenvalue weighted by Crippen LogP contribution is 2.28. The summed E-state index contributed by atoms with van der Waals surface area (Å²) in [4.78, 5) is 36.9. The number of hydrogen-bond donors (Lipinski definition) is 0. The number of anilines is 1. The van der Waals surface area contributed by atoms with Crippen molar-refractivity contribution in [3.63, 3.8) is 0 Å². The molecule has 0 bridgehead atoms. The number of esters is 1. The first-order chi connectivity index (χ1) is 16.1. The summed E-state index contributed by atoms with van der Waals surface area (Å²) in [5.41, 5.74) is 1.76. The Kier molecular flexibility index (Phi) is 6.89. The molecule has 3 heterocycles. The number of nitrogens with zero attached hydrogens (tertiary/aromatic N) is 5. The molecule has 0 aliphatic rings. The van der Waals surface area contributed by atoms with Crippen molar-refractivity contribution < 1.29 is 14.3 Å². The third kappa shape index (κ3) is 5.15. The minimum atomic E-state index is -0.488. The lowest BCUT2D eigenvalue weighted by Crippen LogP contribution is -2.33. The Morgan fingerprint density at radius 2 is 1.94 bits per heavy atom. The summed E-state index contributed by atoms with van der Waals surface area (Å²) >= 11 is 1.29. The molecule has 0 aliphatic heterocycles. The average molecular weight is 462 g/mol. The summed E-state index contributed by atoms with van der Waals surface area (Å²) in [5, 5.41) is 4.61. The third-order valence-corrected chi connectivity index (χ3v) is 5.92. The van der Waals surface area contributed by atoms with Crippen LogP contribution in [0.5, 0.6) is 0 Å². The van der Waals surface area contributed by atoms with Gasteiger partial charge in [0.2, 0.25) is 0 Å². The van der Waals surface area contributed by atoms with Crippen LogP contribution in [0.2, 0.25) is 0 Å². The van der Waals surface area contributed by atoms with Crippen LogP contribution in [0.3, 0.4) is 0 Å². The number of pyridine rings is 1. The number of aromatic nitrogens is 4. The maximum absolute atomic E-state index is 13.5. The van der Waals surface area contributed by atoms with Gasteiger partial charge in [-0.05, 0) is 44.0 Å². The molecule has 168 valence electrons. The van der Waals surface area contributed by atoms with Crippen LogP contribution in [-0.4, -0.2) is 44.8 Å². The Bertz CT molecular complexity index is 1220. The van der Waals surface area contributed by atoms with Gasteiger partial charge in [-0.25, -0.2) is 19.4 Å². The molecule has 0 spiro atoms. The molecule has 0 atom stereocenters. The lowest BCUT2D eigenvalue weighted by Gasteiger charge is -2.20. The van der Waals surface area contributed by atoms with Gasteiger partial charge in [0.1, 0.15) is 0 Å². The van der Waals surface area contributed by atoms with E-state index in [2.05, 4.69) is 15.1 Å². The zero-order chi connectivity index (χ0) is 23.2. The molecule has 9 heteroatoms. The Labute approximate surface area is 195 Å². The van der Waals surface area contributed by atoms with E-state index >= 15 is 0 Å². The number of aryl methyl sites for hydroxylation is 1. The topological polar surface area (TPSA) is 90.2 Å². The van der Waals surface area contributed by atoms with Crippen molar-refractivity contribution in [2.45, 2.75) is 20.3 Å². The number of carbonyl (C=O) groups is 2. The van der Waals surface area contributed by atoms with Crippen LogP contribution in [0, 0.1) is 6.92 Å². The Hall–Kier alpha value is -3.85. The van der Waals surface area contributed by atoms with Gasteiger partial charge < -0.3 is 4.74 Å². The zero-order valence-electron chi connectivity index (χ0n) is 18.3. The summed E-state index contributed by atoms with van der Waals surface area (Å²) in [5.74, 6) is -0.116. The fraction of sp³-hybridized carbons (Fsp3) is 0.208. The molecule has 8 nitrogen and oxygen atoms in total. The molecule has 4 rings (SSSR count). The fourth-order valence-corrected chi connectivity index (χ4v) is 4.19. The number of carbonyl (C=O) groups excluding carboxylic acids is 2. The highest BCUT2D eigenvalue weighted by molar-refractivity contribution is 7.16. The lowest BCUT2D eigenvalue weighted by molar-refractivity contribution is 0.0519. The summed E-state index contributed by atoms with van der Waals surface area (Å²) in [6.07, 6.45) is 5.61. The maximum Gasteiger partial charge on any atom is 0.358 e. The minimum Gasteiger partial charge on any atom is -0.461 e. The Morgan fingerprint density at radius 3 is 2.61 bits per heavy atom. The van der Waals surface area contributed by atoms with E-state index in [1.165, 1.54) is 17.5 Å². The van der Waals surface area contributed by atoms with Crippen LogP contribution in [0.4, 0.5) is 5.13 Å². The lowest BCUT2D eigenvalue weighted by atomic mass is 10.1. The summed E-state index contributed by atoms with van der Waals surface area (Å²) in [6, 6.07) is 15.2. The first-order valence-corrected chi connectivity index (χ1v) is 11.3. The maximum atomic E-state index is 13.5.